The number of halogens is 6. The molecule has 2 aromatic carbocycles. The molecule has 0 radical (unpaired) electrons. The molecule has 2 aliphatic carbocycles. The van der Waals surface area contributed by atoms with Crippen LogP contribution in [0.4, 0.5) is 26.3 Å². The number of hydrogen-bond donors (Lipinski definition) is 0. The molecule has 3 nitrogen and oxygen atoms in total. The van der Waals surface area contributed by atoms with Gasteiger partial charge in [0, 0.05) is 0 Å². The van der Waals surface area contributed by atoms with Crippen LogP contribution in [0.25, 0.3) is 0 Å². The Hall–Kier alpha value is -2.84. The number of ether oxygens (including phenoxy) is 3. The van der Waals surface area contributed by atoms with Crippen LogP contribution in [0.5, 0.6) is 17.2 Å². The summed E-state index contributed by atoms with van der Waals surface area (Å²) >= 11 is 0. The van der Waals surface area contributed by atoms with Gasteiger partial charge in [-0.2, -0.15) is 22.0 Å². The number of hydrogen-bond acceptors (Lipinski definition) is 3. The zero-order valence-electron chi connectivity index (χ0n) is 22.0. The lowest BCUT2D eigenvalue weighted by atomic mass is 9.69. The Labute approximate surface area is 225 Å². The number of rotatable bonds is 10. The van der Waals surface area contributed by atoms with Crippen LogP contribution in [0.15, 0.2) is 36.9 Å². The van der Waals surface area contributed by atoms with E-state index < -0.39 is 47.5 Å². The summed E-state index contributed by atoms with van der Waals surface area (Å²) in [5.41, 5.74) is -0.0305. The molecule has 0 amide bonds. The molecule has 0 aliphatic heterocycles. The molecule has 0 aromatic heterocycles. The van der Waals surface area contributed by atoms with Crippen molar-refractivity contribution in [3.05, 3.63) is 65.8 Å². The van der Waals surface area contributed by atoms with Crippen LogP contribution in [0.2, 0.25) is 0 Å². The molecule has 0 unspecified atom stereocenters. The molecule has 39 heavy (non-hydrogen) atoms. The highest BCUT2D eigenvalue weighted by Gasteiger charge is 2.36. The van der Waals surface area contributed by atoms with Crippen molar-refractivity contribution in [3.63, 3.8) is 0 Å². The van der Waals surface area contributed by atoms with Crippen LogP contribution >= 0.6 is 0 Å². The molecule has 0 bridgehead atoms. The SMILES string of the molecule is C=CC1CCC(C2CCC(COc3ccc(OC(F)(F)COc4ccc(C)c(F)c4F)c(F)c3F)CC2)CC1. The molecule has 2 aromatic rings. The molecule has 0 atom stereocenters. The standard InChI is InChI=1S/C30H34F6O3/c1-3-19-5-9-21(10-6-19)22-11-7-20(8-12-22)16-37-23-14-15-25(29(34)28(23)33)39-30(35,36)17-38-24-13-4-18(2)26(31)27(24)32/h3-4,13-15,19-22H,1,5-12,16-17H2,2H3. The second-order valence-corrected chi connectivity index (χ2v) is 10.7. The van der Waals surface area contributed by atoms with Gasteiger partial charge in [0.15, 0.2) is 29.7 Å². The third kappa shape index (κ3) is 7.22. The maximum absolute atomic E-state index is 14.6. The lowest BCUT2D eigenvalue weighted by Crippen LogP contribution is -2.33. The van der Waals surface area contributed by atoms with Gasteiger partial charge in [-0.1, -0.05) is 12.1 Å². The summed E-state index contributed by atoms with van der Waals surface area (Å²) in [6.45, 7) is 3.85. The van der Waals surface area contributed by atoms with Gasteiger partial charge >= 0.3 is 6.11 Å². The first-order valence-corrected chi connectivity index (χ1v) is 13.5. The fraction of sp³-hybridized carbons (Fsp3) is 0.533. The molecule has 9 heteroatoms. The van der Waals surface area contributed by atoms with E-state index in [0.717, 1.165) is 55.9 Å². The largest absolute Gasteiger partial charge is 0.490 e. The Balaban J connectivity index is 1.27. The third-order valence-corrected chi connectivity index (χ3v) is 8.09. The second-order valence-electron chi connectivity index (χ2n) is 10.7. The van der Waals surface area contributed by atoms with Crippen molar-refractivity contribution in [1.82, 2.24) is 0 Å². The zero-order valence-corrected chi connectivity index (χ0v) is 22.0. The van der Waals surface area contributed by atoms with E-state index in [1.807, 2.05) is 0 Å². The van der Waals surface area contributed by atoms with E-state index in [1.54, 1.807) is 0 Å². The highest BCUT2D eigenvalue weighted by atomic mass is 19.3. The van der Waals surface area contributed by atoms with Crippen LogP contribution in [-0.4, -0.2) is 19.3 Å². The predicted octanol–water partition coefficient (Wildman–Crippen LogP) is 8.78. The average Bonchev–Trinajstić information content (AvgIpc) is 2.94. The van der Waals surface area contributed by atoms with Gasteiger partial charge in [-0.05, 0) is 106 Å². The van der Waals surface area contributed by atoms with Crippen molar-refractivity contribution < 1.29 is 40.6 Å². The molecule has 2 aliphatic rings. The van der Waals surface area contributed by atoms with Gasteiger partial charge in [-0.3, -0.25) is 0 Å². The van der Waals surface area contributed by atoms with E-state index in [9.17, 15) is 26.3 Å². The molecule has 0 heterocycles. The van der Waals surface area contributed by atoms with E-state index in [-0.39, 0.29) is 23.8 Å². The number of aryl methyl sites for hydroxylation is 1. The van der Waals surface area contributed by atoms with Crippen LogP contribution < -0.4 is 14.2 Å². The molecular formula is C30H34F6O3. The van der Waals surface area contributed by atoms with Crippen molar-refractivity contribution in [1.29, 1.82) is 0 Å². The van der Waals surface area contributed by atoms with Crippen molar-refractivity contribution >= 4 is 0 Å². The predicted molar refractivity (Wildman–Crippen MR) is 135 cm³/mol. The van der Waals surface area contributed by atoms with Gasteiger partial charge in [0.1, 0.15) is 0 Å². The first kappa shape index (κ1) is 29.2. The summed E-state index contributed by atoms with van der Waals surface area (Å²) in [6.07, 6.45) is 6.80. The van der Waals surface area contributed by atoms with Gasteiger partial charge in [0.25, 0.3) is 0 Å². The lowest BCUT2D eigenvalue weighted by Gasteiger charge is -2.37. The van der Waals surface area contributed by atoms with Crippen LogP contribution in [0.1, 0.15) is 56.9 Å². The third-order valence-electron chi connectivity index (χ3n) is 8.09. The maximum atomic E-state index is 14.6. The Bertz CT molecular complexity index is 1140. The number of allylic oxidation sites excluding steroid dienone is 1. The Morgan fingerprint density at radius 1 is 0.744 bits per heavy atom. The molecule has 4 rings (SSSR count). The molecule has 2 saturated carbocycles. The highest BCUT2D eigenvalue weighted by Crippen LogP contribution is 2.42. The average molecular weight is 557 g/mol. The summed E-state index contributed by atoms with van der Waals surface area (Å²) < 4.78 is 99.5. The Morgan fingerprint density at radius 3 is 1.90 bits per heavy atom. The van der Waals surface area contributed by atoms with Gasteiger partial charge in [0.2, 0.25) is 17.5 Å². The van der Waals surface area contributed by atoms with E-state index in [4.69, 9.17) is 4.74 Å². The minimum atomic E-state index is -4.16. The summed E-state index contributed by atoms with van der Waals surface area (Å²) in [5.74, 6) is -5.70. The minimum absolute atomic E-state index is 0.0305. The first-order chi connectivity index (χ1) is 18.6. The molecule has 214 valence electrons. The van der Waals surface area contributed by atoms with E-state index >= 15 is 0 Å². The summed E-state index contributed by atoms with van der Waals surface area (Å²) in [6, 6.07) is 4.01. The van der Waals surface area contributed by atoms with E-state index in [1.165, 1.54) is 32.6 Å². The molecule has 2 fully saturated rings. The summed E-state index contributed by atoms with van der Waals surface area (Å²) in [4.78, 5) is 0. The smallest absolute Gasteiger partial charge is 0.433 e. The van der Waals surface area contributed by atoms with Crippen molar-refractivity contribution in [2.24, 2.45) is 23.7 Å². The molecule has 0 saturated heterocycles. The number of benzene rings is 2. The second kappa shape index (κ2) is 12.6. The number of alkyl halides is 2. The molecular weight excluding hydrogens is 522 g/mol. The Morgan fingerprint density at radius 2 is 1.26 bits per heavy atom. The van der Waals surface area contributed by atoms with Gasteiger partial charge < -0.3 is 14.2 Å². The van der Waals surface area contributed by atoms with Crippen molar-refractivity contribution in [2.45, 2.75) is 64.4 Å². The van der Waals surface area contributed by atoms with Crippen molar-refractivity contribution in [2.75, 3.05) is 13.2 Å². The monoisotopic (exact) mass is 556 g/mol. The van der Waals surface area contributed by atoms with E-state index in [2.05, 4.69) is 22.1 Å². The maximum Gasteiger partial charge on any atom is 0.433 e. The molecule has 0 spiro atoms. The summed E-state index contributed by atoms with van der Waals surface area (Å²) in [5, 5.41) is 0. The molecule has 0 N–H and O–H groups in total. The minimum Gasteiger partial charge on any atom is -0.490 e. The quantitative estimate of drug-likeness (QED) is 0.216. The topological polar surface area (TPSA) is 27.7 Å². The first-order valence-electron chi connectivity index (χ1n) is 13.5. The van der Waals surface area contributed by atoms with Gasteiger partial charge in [-0.15, -0.1) is 6.58 Å². The van der Waals surface area contributed by atoms with Crippen LogP contribution in [-0.2, 0) is 0 Å². The fourth-order valence-electron chi connectivity index (χ4n) is 5.68. The van der Waals surface area contributed by atoms with E-state index in [0.29, 0.717) is 11.8 Å². The van der Waals surface area contributed by atoms with Gasteiger partial charge in [-0.25, -0.2) is 4.39 Å². The highest BCUT2D eigenvalue weighted by molar-refractivity contribution is 5.35. The summed E-state index contributed by atoms with van der Waals surface area (Å²) in [7, 11) is 0. The Kier molecular flexibility index (Phi) is 9.39. The van der Waals surface area contributed by atoms with Crippen LogP contribution in [0, 0.1) is 53.9 Å². The fourth-order valence-corrected chi connectivity index (χ4v) is 5.68. The normalized spacial score (nSPS) is 23.8. The van der Waals surface area contributed by atoms with Gasteiger partial charge in [0.05, 0.1) is 6.61 Å². The zero-order chi connectivity index (χ0) is 28.2. The van der Waals surface area contributed by atoms with Crippen LogP contribution in [0.3, 0.4) is 0 Å². The van der Waals surface area contributed by atoms with Crippen molar-refractivity contribution in [3.8, 4) is 17.2 Å². The lowest BCUT2D eigenvalue weighted by molar-refractivity contribution is -0.197.